The third-order valence-corrected chi connectivity index (χ3v) is 10.0. The van der Waals surface area contributed by atoms with Crippen LogP contribution < -0.4 is 10.1 Å². The number of carbonyl (C=O) groups excluding carboxylic acids is 1. The van der Waals surface area contributed by atoms with Crippen LogP contribution in [0.4, 0.5) is 10.1 Å². The number of ether oxygens (including phenoxy) is 2. The highest BCUT2D eigenvalue weighted by Crippen LogP contribution is 2.31. The summed E-state index contributed by atoms with van der Waals surface area (Å²) >= 11 is 0. The summed E-state index contributed by atoms with van der Waals surface area (Å²) in [7, 11) is -6.30. The predicted octanol–water partition coefficient (Wildman–Crippen LogP) is 1.89. The molecule has 0 radical (unpaired) electrons. The molecule has 1 amide bonds. The molecule has 0 spiro atoms. The smallest absolute Gasteiger partial charge is 0.243 e. The maximum absolute atomic E-state index is 13.2. The van der Waals surface area contributed by atoms with Gasteiger partial charge in [-0.1, -0.05) is 0 Å². The van der Waals surface area contributed by atoms with E-state index < -0.39 is 37.7 Å². The normalized spacial score (nSPS) is 20.1. The SMILES string of the molecule is COc1ccc(S(=O)(=O)N2CCOCC2)cc1NC(=O)[C@@H]1CCCN(S(=O)(=O)c2ccc(F)cc2)C1. The van der Waals surface area contributed by atoms with E-state index >= 15 is 0 Å². The highest BCUT2D eigenvalue weighted by molar-refractivity contribution is 7.89. The Bertz CT molecular complexity index is 1310. The van der Waals surface area contributed by atoms with Crippen LogP contribution in [0, 0.1) is 11.7 Å². The zero-order valence-electron chi connectivity index (χ0n) is 19.7. The van der Waals surface area contributed by atoms with Crippen LogP contribution in [0.3, 0.4) is 0 Å². The number of piperidine rings is 1. The molecule has 4 rings (SSSR count). The number of methoxy groups -OCH3 is 1. The van der Waals surface area contributed by atoms with Crippen LogP contribution in [0.2, 0.25) is 0 Å². The molecule has 0 unspecified atom stereocenters. The first-order chi connectivity index (χ1) is 17.1. The van der Waals surface area contributed by atoms with Crippen LogP contribution >= 0.6 is 0 Å². The van der Waals surface area contributed by atoms with Gasteiger partial charge in [0.2, 0.25) is 26.0 Å². The van der Waals surface area contributed by atoms with Crippen molar-refractivity contribution in [1.82, 2.24) is 8.61 Å². The molecule has 2 aliphatic heterocycles. The number of anilines is 1. The van der Waals surface area contributed by atoms with E-state index in [0.717, 1.165) is 12.1 Å². The van der Waals surface area contributed by atoms with E-state index in [2.05, 4.69) is 5.32 Å². The molecule has 1 N–H and O–H groups in total. The van der Waals surface area contributed by atoms with E-state index in [9.17, 15) is 26.0 Å². The summed E-state index contributed by atoms with van der Waals surface area (Å²) in [4.78, 5) is 13.1. The van der Waals surface area contributed by atoms with Gasteiger partial charge in [-0.3, -0.25) is 4.79 Å². The van der Waals surface area contributed by atoms with Gasteiger partial charge in [-0.15, -0.1) is 0 Å². The number of nitrogens with one attached hydrogen (secondary N) is 1. The van der Waals surface area contributed by atoms with Crippen molar-refractivity contribution in [3.8, 4) is 5.75 Å². The minimum Gasteiger partial charge on any atom is -0.495 e. The quantitative estimate of drug-likeness (QED) is 0.568. The average Bonchev–Trinajstić information content (AvgIpc) is 2.89. The molecule has 0 aromatic heterocycles. The minimum atomic E-state index is -3.90. The Hall–Kier alpha value is -2.58. The highest BCUT2D eigenvalue weighted by Gasteiger charge is 2.34. The lowest BCUT2D eigenvalue weighted by Crippen LogP contribution is -2.43. The van der Waals surface area contributed by atoms with E-state index in [-0.39, 0.29) is 47.4 Å². The number of nitrogens with zero attached hydrogens (tertiary/aromatic N) is 2. The van der Waals surface area contributed by atoms with Gasteiger partial charge in [0.05, 0.1) is 41.7 Å². The van der Waals surface area contributed by atoms with Crippen molar-refractivity contribution in [1.29, 1.82) is 0 Å². The lowest BCUT2D eigenvalue weighted by atomic mass is 9.98. The maximum Gasteiger partial charge on any atom is 0.243 e. The second-order valence-corrected chi connectivity index (χ2v) is 12.4. The van der Waals surface area contributed by atoms with Gasteiger partial charge in [-0.05, 0) is 55.3 Å². The Balaban J connectivity index is 1.52. The summed E-state index contributed by atoms with van der Waals surface area (Å²) in [6.07, 6.45) is 0.913. The Labute approximate surface area is 210 Å². The molecule has 36 heavy (non-hydrogen) atoms. The van der Waals surface area contributed by atoms with Gasteiger partial charge in [0.25, 0.3) is 0 Å². The topological polar surface area (TPSA) is 122 Å². The molecule has 2 heterocycles. The number of benzene rings is 2. The molecule has 2 saturated heterocycles. The molecule has 13 heteroatoms. The van der Waals surface area contributed by atoms with Gasteiger partial charge < -0.3 is 14.8 Å². The first kappa shape index (κ1) is 26.5. The zero-order valence-corrected chi connectivity index (χ0v) is 21.4. The van der Waals surface area contributed by atoms with Gasteiger partial charge in [0.15, 0.2) is 0 Å². The van der Waals surface area contributed by atoms with E-state index in [4.69, 9.17) is 9.47 Å². The Kier molecular flexibility index (Phi) is 7.95. The molecule has 196 valence electrons. The van der Waals surface area contributed by atoms with Gasteiger partial charge >= 0.3 is 0 Å². The standard InChI is InChI=1S/C23H28FN3O7S2/c1-33-22-9-8-20(36(31,32)26-11-13-34-14-12-26)15-21(22)25-23(28)17-3-2-10-27(16-17)35(29,30)19-6-4-18(24)5-7-19/h4-9,15,17H,2-3,10-14,16H2,1H3,(H,25,28)/t17-/m1/s1. The summed E-state index contributed by atoms with van der Waals surface area (Å²) < 4.78 is 78.4. The number of sulfonamides is 2. The third-order valence-electron chi connectivity index (χ3n) is 6.24. The molecule has 2 aromatic rings. The van der Waals surface area contributed by atoms with E-state index in [0.29, 0.717) is 26.1 Å². The highest BCUT2D eigenvalue weighted by atomic mass is 32.2. The fourth-order valence-electron chi connectivity index (χ4n) is 4.25. The maximum atomic E-state index is 13.2. The van der Waals surface area contributed by atoms with Crippen LogP contribution in [0.1, 0.15) is 12.8 Å². The van der Waals surface area contributed by atoms with Crippen molar-refractivity contribution in [3.05, 3.63) is 48.3 Å². The first-order valence-corrected chi connectivity index (χ1v) is 14.3. The molecule has 0 bridgehead atoms. The Morgan fingerprint density at radius 1 is 0.972 bits per heavy atom. The van der Waals surface area contributed by atoms with Gasteiger partial charge in [-0.2, -0.15) is 8.61 Å². The van der Waals surface area contributed by atoms with Crippen molar-refractivity contribution in [2.24, 2.45) is 5.92 Å². The summed E-state index contributed by atoms with van der Waals surface area (Å²) in [6.45, 7) is 1.25. The number of morpholine rings is 1. The van der Waals surface area contributed by atoms with Crippen LogP contribution in [-0.4, -0.2) is 77.9 Å². The van der Waals surface area contributed by atoms with Crippen LogP contribution in [0.15, 0.2) is 52.3 Å². The minimum absolute atomic E-state index is 0.00431. The van der Waals surface area contributed by atoms with Gasteiger partial charge in [0.1, 0.15) is 11.6 Å². The lowest BCUT2D eigenvalue weighted by molar-refractivity contribution is -0.120. The van der Waals surface area contributed by atoms with Crippen molar-refractivity contribution < 1.29 is 35.5 Å². The number of hydrogen-bond donors (Lipinski definition) is 1. The molecule has 2 fully saturated rings. The largest absolute Gasteiger partial charge is 0.495 e. The zero-order chi connectivity index (χ0) is 25.9. The fourth-order valence-corrected chi connectivity index (χ4v) is 7.20. The molecule has 0 saturated carbocycles. The van der Waals surface area contributed by atoms with Crippen LogP contribution in [0.25, 0.3) is 0 Å². The van der Waals surface area contributed by atoms with E-state index in [1.165, 1.54) is 46.1 Å². The second-order valence-electron chi connectivity index (χ2n) is 8.52. The van der Waals surface area contributed by atoms with Crippen LogP contribution in [-0.2, 0) is 29.6 Å². The molecule has 1 atom stereocenters. The number of carbonyl (C=O) groups is 1. The van der Waals surface area contributed by atoms with Crippen LogP contribution in [0.5, 0.6) is 5.75 Å². The molecule has 10 nitrogen and oxygen atoms in total. The summed E-state index contributed by atoms with van der Waals surface area (Å²) in [5.74, 6) is -1.39. The number of rotatable bonds is 7. The molecule has 2 aromatic carbocycles. The molecule has 2 aliphatic rings. The fraction of sp³-hybridized carbons (Fsp3) is 0.435. The Morgan fingerprint density at radius 3 is 2.28 bits per heavy atom. The second kappa shape index (κ2) is 10.8. The van der Waals surface area contributed by atoms with Crippen molar-refractivity contribution >= 4 is 31.6 Å². The van der Waals surface area contributed by atoms with Gasteiger partial charge in [-0.25, -0.2) is 21.2 Å². The Morgan fingerprint density at radius 2 is 1.61 bits per heavy atom. The first-order valence-electron chi connectivity index (χ1n) is 11.5. The number of halogens is 1. The predicted molar refractivity (Wildman–Crippen MR) is 129 cm³/mol. The average molecular weight is 542 g/mol. The third kappa shape index (κ3) is 5.54. The van der Waals surface area contributed by atoms with Crippen molar-refractivity contribution in [3.63, 3.8) is 0 Å². The van der Waals surface area contributed by atoms with Crippen molar-refractivity contribution in [2.75, 3.05) is 51.8 Å². The van der Waals surface area contributed by atoms with Gasteiger partial charge in [0, 0.05) is 26.2 Å². The molecular formula is C23H28FN3O7S2. The van der Waals surface area contributed by atoms with E-state index in [1.807, 2.05) is 0 Å². The monoisotopic (exact) mass is 541 g/mol. The summed E-state index contributed by atoms with van der Waals surface area (Å²) in [6, 6.07) is 8.76. The molecule has 0 aliphatic carbocycles. The summed E-state index contributed by atoms with van der Waals surface area (Å²) in [5.41, 5.74) is 0.176. The summed E-state index contributed by atoms with van der Waals surface area (Å²) in [5, 5.41) is 2.72. The number of amides is 1. The lowest BCUT2D eigenvalue weighted by Gasteiger charge is -2.31. The van der Waals surface area contributed by atoms with E-state index in [1.54, 1.807) is 0 Å². The van der Waals surface area contributed by atoms with Crippen molar-refractivity contribution in [2.45, 2.75) is 22.6 Å². The number of hydrogen-bond acceptors (Lipinski definition) is 7. The molecular weight excluding hydrogens is 513 g/mol.